The molecule has 21 heavy (non-hydrogen) atoms. The highest BCUT2D eigenvalue weighted by atomic mass is 16.6. The number of likely N-dealkylation sites (tertiary alicyclic amines) is 1. The van der Waals surface area contributed by atoms with Gasteiger partial charge in [-0.25, -0.2) is 4.79 Å². The summed E-state index contributed by atoms with van der Waals surface area (Å²) in [6.07, 6.45) is 8.37. The van der Waals surface area contributed by atoms with Crippen molar-refractivity contribution in [1.29, 1.82) is 0 Å². The van der Waals surface area contributed by atoms with Crippen LogP contribution in [0.5, 0.6) is 0 Å². The van der Waals surface area contributed by atoms with Crippen molar-refractivity contribution < 1.29 is 9.53 Å². The van der Waals surface area contributed by atoms with Gasteiger partial charge < -0.3 is 4.74 Å². The second-order valence-electron chi connectivity index (χ2n) is 5.71. The number of nitrogens with zero attached hydrogens (tertiary/aromatic N) is 1. The normalized spacial score (nSPS) is 19.5. The molecule has 1 aromatic rings. The van der Waals surface area contributed by atoms with E-state index in [-0.39, 0.29) is 12.0 Å². The lowest BCUT2D eigenvalue weighted by Crippen LogP contribution is -2.38. The smallest absolute Gasteiger partial charge is 0.329 e. The molecule has 1 aliphatic heterocycles. The zero-order valence-electron chi connectivity index (χ0n) is 12.8. The first-order valence-electron chi connectivity index (χ1n) is 7.59. The fourth-order valence-electron chi connectivity index (χ4n) is 2.61. The van der Waals surface area contributed by atoms with Crippen LogP contribution in [0.15, 0.2) is 30.3 Å². The Morgan fingerprint density at radius 2 is 2.00 bits per heavy atom. The Balaban J connectivity index is 2.23. The van der Waals surface area contributed by atoms with Gasteiger partial charge in [-0.1, -0.05) is 43.2 Å². The molecule has 0 radical (unpaired) electrons. The molecule has 0 spiro atoms. The van der Waals surface area contributed by atoms with Crippen LogP contribution < -0.4 is 0 Å². The van der Waals surface area contributed by atoms with Gasteiger partial charge in [0, 0.05) is 0 Å². The molecule has 0 N–H and O–H groups in total. The van der Waals surface area contributed by atoms with Crippen LogP contribution in [0.4, 0.5) is 0 Å². The van der Waals surface area contributed by atoms with Crippen molar-refractivity contribution in [3.05, 3.63) is 35.9 Å². The molecule has 0 aromatic heterocycles. The Labute approximate surface area is 127 Å². The van der Waals surface area contributed by atoms with E-state index in [1.807, 2.05) is 37.3 Å². The lowest BCUT2D eigenvalue weighted by atomic mass is 10.0. The van der Waals surface area contributed by atoms with Crippen LogP contribution in [0, 0.1) is 12.3 Å². The monoisotopic (exact) mass is 285 g/mol. The van der Waals surface area contributed by atoms with Crippen molar-refractivity contribution in [3.63, 3.8) is 0 Å². The Morgan fingerprint density at radius 3 is 2.52 bits per heavy atom. The first kappa shape index (κ1) is 15.6. The quantitative estimate of drug-likeness (QED) is 0.615. The molecule has 1 saturated heterocycles. The van der Waals surface area contributed by atoms with Crippen molar-refractivity contribution in [1.82, 2.24) is 4.90 Å². The summed E-state index contributed by atoms with van der Waals surface area (Å²) < 4.78 is 5.65. The van der Waals surface area contributed by atoms with Crippen LogP contribution >= 0.6 is 0 Å². The number of hydrogen-bond donors (Lipinski definition) is 0. The first-order chi connectivity index (χ1) is 10.1. The van der Waals surface area contributed by atoms with E-state index in [2.05, 4.69) is 10.8 Å². The number of rotatable bonds is 5. The number of hydrogen-bond acceptors (Lipinski definition) is 3. The zero-order valence-corrected chi connectivity index (χ0v) is 12.8. The zero-order chi connectivity index (χ0) is 15.3. The molecule has 1 aliphatic rings. The van der Waals surface area contributed by atoms with Crippen molar-refractivity contribution in [3.8, 4) is 12.3 Å². The summed E-state index contributed by atoms with van der Waals surface area (Å²) in [6.45, 7) is 5.57. The number of terminal acetylenes is 1. The lowest BCUT2D eigenvalue weighted by molar-refractivity contribution is -0.159. The molecule has 2 unspecified atom stereocenters. The SMILES string of the molecule is C#CC(C)(CC)OC(=O)C(c1ccccc1)N1CCCC1. The maximum atomic E-state index is 12.7. The van der Waals surface area contributed by atoms with E-state index in [4.69, 9.17) is 11.2 Å². The third-order valence-corrected chi connectivity index (χ3v) is 4.15. The summed E-state index contributed by atoms with van der Waals surface area (Å²) in [5.41, 5.74) is 0.143. The molecule has 1 fully saturated rings. The van der Waals surface area contributed by atoms with Gasteiger partial charge >= 0.3 is 5.97 Å². The van der Waals surface area contributed by atoms with Gasteiger partial charge in [-0.15, -0.1) is 6.42 Å². The van der Waals surface area contributed by atoms with Gasteiger partial charge in [0.2, 0.25) is 0 Å². The van der Waals surface area contributed by atoms with Gasteiger partial charge in [-0.3, -0.25) is 4.90 Å². The van der Waals surface area contributed by atoms with E-state index >= 15 is 0 Å². The molecule has 0 bridgehead atoms. The molecule has 2 atom stereocenters. The molecule has 112 valence electrons. The van der Waals surface area contributed by atoms with Crippen LogP contribution in [-0.4, -0.2) is 29.6 Å². The molecular weight excluding hydrogens is 262 g/mol. The standard InChI is InChI=1S/C18H23NO2/c1-4-18(3,5-2)21-17(20)16(19-13-9-10-14-19)15-11-7-6-8-12-15/h1,6-8,11-12,16H,5,9-10,13-14H2,2-3H3. The van der Waals surface area contributed by atoms with Gasteiger partial charge in [0.15, 0.2) is 5.60 Å². The summed E-state index contributed by atoms with van der Waals surface area (Å²) in [7, 11) is 0. The van der Waals surface area contributed by atoms with Gasteiger partial charge in [-0.05, 0) is 44.8 Å². The Bertz CT molecular complexity index is 514. The highest BCUT2D eigenvalue weighted by Gasteiger charge is 2.34. The minimum atomic E-state index is -0.830. The Morgan fingerprint density at radius 1 is 1.38 bits per heavy atom. The maximum Gasteiger partial charge on any atom is 0.329 e. The van der Waals surface area contributed by atoms with E-state index in [9.17, 15) is 4.79 Å². The first-order valence-corrected chi connectivity index (χ1v) is 7.59. The molecule has 0 aliphatic carbocycles. The third kappa shape index (κ3) is 3.65. The fraction of sp³-hybridized carbons (Fsp3) is 0.500. The highest BCUT2D eigenvalue weighted by molar-refractivity contribution is 5.78. The average Bonchev–Trinajstić information content (AvgIpc) is 3.02. The summed E-state index contributed by atoms with van der Waals surface area (Å²) in [5.74, 6) is 2.35. The van der Waals surface area contributed by atoms with Crippen molar-refractivity contribution >= 4 is 5.97 Å². The molecular formula is C18H23NO2. The second-order valence-corrected chi connectivity index (χ2v) is 5.71. The molecule has 1 aromatic carbocycles. The molecule has 0 saturated carbocycles. The van der Waals surface area contributed by atoms with Crippen LogP contribution in [-0.2, 0) is 9.53 Å². The third-order valence-electron chi connectivity index (χ3n) is 4.15. The fourth-order valence-corrected chi connectivity index (χ4v) is 2.61. The topological polar surface area (TPSA) is 29.5 Å². The predicted molar refractivity (Wildman–Crippen MR) is 83.6 cm³/mol. The second kappa shape index (κ2) is 6.78. The van der Waals surface area contributed by atoms with Crippen molar-refractivity contribution in [2.24, 2.45) is 0 Å². The van der Waals surface area contributed by atoms with Crippen LogP contribution in [0.1, 0.15) is 44.7 Å². The van der Waals surface area contributed by atoms with E-state index < -0.39 is 5.60 Å². The lowest BCUT2D eigenvalue weighted by Gasteiger charge is -2.30. The average molecular weight is 285 g/mol. The molecule has 0 amide bonds. The minimum Gasteiger partial charge on any atom is -0.445 e. The van der Waals surface area contributed by atoms with Crippen LogP contribution in [0.25, 0.3) is 0 Å². The number of carbonyl (C=O) groups excluding carboxylic acids is 1. The van der Waals surface area contributed by atoms with Crippen molar-refractivity contribution in [2.75, 3.05) is 13.1 Å². The summed E-state index contributed by atoms with van der Waals surface area (Å²) in [6, 6.07) is 9.45. The summed E-state index contributed by atoms with van der Waals surface area (Å²) in [4.78, 5) is 14.9. The largest absolute Gasteiger partial charge is 0.445 e. The number of esters is 1. The summed E-state index contributed by atoms with van der Waals surface area (Å²) >= 11 is 0. The molecule has 3 heteroatoms. The molecule has 3 nitrogen and oxygen atoms in total. The van der Waals surface area contributed by atoms with Gasteiger partial charge in [0.05, 0.1) is 0 Å². The number of ether oxygens (including phenoxy) is 1. The number of benzene rings is 1. The van der Waals surface area contributed by atoms with E-state index in [1.54, 1.807) is 6.92 Å². The van der Waals surface area contributed by atoms with E-state index in [1.165, 1.54) is 0 Å². The Kier molecular flexibility index (Phi) is 5.03. The van der Waals surface area contributed by atoms with Gasteiger partial charge in [0.25, 0.3) is 0 Å². The maximum absolute atomic E-state index is 12.7. The van der Waals surface area contributed by atoms with Crippen molar-refractivity contribution in [2.45, 2.75) is 44.8 Å². The van der Waals surface area contributed by atoms with Crippen LogP contribution in [0.2, 0.25) is 0 Å². The minimum absolute atomic E-state index is 0.245. The van der Waals surface area contributed by atoms with E-state index in [0.29, 0.717) is 6.42 Å². The van der Waals surface area contributed by atoms with Gasteiger partial charge in [-0.2, -0.15) is 0 Å². The number of carbonyl (C=O) groups is 1. The predicted octanol–water partition coefficient (Wildman–Crippen LogP) is 3.17. The Hall–Kier alpha value is -1.79. The summed E-state index contributed by atoms with van der Waals surface area (Å²) in [5, 5.41) is 0. The van der Waals surface area contributed by atoms with Crippen LogP contribution in [0.3, 0.4) is 0 Å². The van der Waals surface area contributed by atoms with Gasteiger partial charge in [0.1, 0.15) is 6.04 Å². The molecule has 1 heterocycles. The van der Waals surface area contributed by atoms with E-state index in [0.717, 1.165) is 31.5 Å². The molecule has 2 rings (SSSR count). The highest BCUT2D eigenvalue weighted by Crippen LogP contribution is 2.28.